The number of hydrogen-bond acceptors (Lipinski definition) is 5. The van der Waals surface area contributed by atoms with Crippen LogP contribution in [0.5, 0.6) is 11.5 Å². The third-order valence-corrected chi connectivity index (χ3v) is 7.00. The van der Waals surface area contributed by atoms with Crippen LogP contribution in [-0.4, -0.2) is 32.8 Å². The lowest BCUT2D eigenvalue weighted by Gasteiger charge is -2.16. The molecule has 8 nitrogen and oxygen atoms in total. The molecule has 0 spiro atoms. The van der Waals surface area contributed by atoms with Gasteiger partial charge >= 0.3 is 6.18 Å². The van der Waals surface area contributed by atoms with E-state index in [-0.39, 0.29) is 11.8 Å². The van der Waals surface area contributed by atoms with Gasteiger partial charge < -0.3 is 15.4 Å². The molecular formula is C31H24F3N5O3. The van der Waals surface area contributed by atoms with Crippen molar-refractivity contribution in [3.05, 3.63) is 97.5 Å². The smallest absolute Gasteiger partial charge is 0.408 e. The van der Waals surface area contributed by atoms with E-state index in [0.29, 0.717) is 57.7 Å². The van der Waals surface area contributed by atoms with Gasteiger partial charge in [-0.1, -0.05) is 24.3 Å². The second kappa shape index (κ2) is 10.7. The van der Waals surface area contributed by atoms with Crippen molar-refractivity contribution < 1.29 is 27.5 Å². The average Bonchev–Trinajstić information content (AvgIpc) is 3.67. The molecule has 2 N–H and O–H groups in total. The van der Waals surface area contributed by atoms with Gasteiger partial charge in [-0.2, -0.15) is 18.3 Å². The number of amides is 2. The molecule has 2 aromatic heterocycles. The zero-order chi connectivity index (χ0) is 29.3. The van der Waals surface area contributed by atoms with Gasteiger partial charge in [0.1, 0.15) is 23.5 Å². The Bertz CT molecular complexity index is 1760. The zero-order valence-electron chi connectivity index (χ0n) is 22.1. The van der Waals surface area contributed by atoms with E-state index >= 15 is 0 Å². The fourth-order valence-electron chi connectivity index (χ4n) is 4.61. The number of pyridine rings is 1. The number of rotatable bonds is 8. The highest BCUT2D eigenvalue weighted by Gasteiger charge is 2.56. The number of aromatic nitrogens is 3. The number of benzene rings is 3. The number of alkyl halides is 3. The molecule has 1 aliphatic carbocycles. The van der Waals surface area contributed by atoms with E-state index in [4.69, 9.17) is 4.74 Å². The molecule has 42 heavy (non-hydrogen) atoms. The lowest BCUT2D eigenvalue weighted by Crippen LogP contribution is -2.35. The number of anilines is 2. The number of halogens is 3. The monoisotopic (exact) mass is 571 g/mol. The summed E-state index contributed by atoms with van der Waals surface area (Å²) < 4.78 is 45.0. The van der Waals surface area contributed by atoms with Gasteiger partial charge in [-0.05, 0) is 73.0 Å². The summed E-state index contributed by atoms with van der Waals surface area (Å²) in [5.41, 5.74) is 1.89. The predicted octanol–water partition coefficient (Wildman–Crippen LogP) is 6.81. The van der Waals surface area contributed by atoms with Crippen LogP contribution in [0.2, 0.25) is 0 Å². The van der Waals surface area contributed by atoms with Gasteiger partial charge in [-0.25, -0.2) is 0 Å². The van der Waals surface area contributed by atoms with Crippen molar-refractivity contribution >= 4 is 34.1 Å². The van der Waals surface area contributed by atoms with Crippen LogP contribution in [0.25, 0.3) is 22.0 Å². The van der Waals surface area contributed by atoms with Crippen LogP contribution >= 0.6 is 0 Å². The van der Waals surface area contributed by atoms with Gasteiger partial charge in [0.05, 0.1) is 11.7 Å². The number of hydrogen-bond donors (Lipinski definition) is 2. The van der Waals surface area contributed by atoms with Crippen LogP contribution in [-0.2, 0) is 16.1 Å². The maximum absolute atomic E-state index is 13.0. The van der Waals surface area contributed by atoms with E-state index in [9.17, 15) is 22.8 Å². The number of nitrogens with one attached hydrogen (secondary N) is 2. The molecule has 6 rings (SSSR count). The third kappa shape index (κ3) is 5.80. The summed E-state index contributed by atoms with van der Waals surface area (Å²) in [5.74, 6) is 0.366. The standard InChI is InChI=1S/C31H24F3N5O3/c32-31(33,34)19-39-18-21(17-36-39)20-6-11-25-26(16-20)35-15-12-27(25)42-24-9-7-23(8-10-24)38-29(41)30(13-14-30)28(40)37-22-4-2-1-3-5-22/h1-12,15-18H,13-14,19H2,(H,37,40)(H,38,41). The lowest BCUT2D eigenvalue weighted by atomic mass is 10.0. The molecule has 2 heterocycles. The van der Waals surface area contributed by atoms with Crippen molar-refractivity contribution in [2.75, 3.05) is 10.6 Å². The molecule has 212 valence electrons. The Hall–Kier alpha value is -5.19. The number of carbonyl (C=O) groups is 2. The maximum Gasteiger partial charge on any atom is 0.408 e. The first kappa shape index (κ1) is 27.0. The summed E-state index contributed by atoms with van der Waals surface area (Å²) in [6.45, 7) is -1.16. The van der Waals surface area contributed by atoms with Crippen molar-refractivity contribution in [3.8, 4) is 22.6 Å². The number of fused-ring (bicyclic) bond motifs is 1. The molecule has 5 aromatic rings. The minimum absolute atomic E-state index is 0.325. The number of carbonyl (C=O) groups excluding carboxylic acids is 2. The molecule has 0 saturated heterocycles. The average molecular weight is 572 g/mol. The maximum atomic E-state index is 13.0. The quantitative estimate of drug-likeness (QED) is 0.200. The zero-order valence-corrected chi connectivity index (χ0v) is 22.1. The van der Waals surface area contributed by atoms with E-state index in [1.165, 1.54) is 12.4 Å². The van der Waals surface area contributed by atoms with Crippen molar-refractivity contribution in [1.29, 1.82) is 0 Å². The first-order valence-corrected chi connectivity index (χ1v) is 13.1. The van der Waals surface area contributed by atoms with Crippen molar-refractivity contribution in [3.63, 3.8) is 0 Å². The largest absolute Gasteiger partial charge is 0.457 e. The summed E-state index contributed by atoms with van der Waals surface area (Å²) in [5, 5.41) is 10.2. The Labute approximate surface area is 238 Å². The highest BCUT2D eigenvalue weighted by molar-refractivity contribution is 6.16. The summed E-state index contributed by atoms with van der Waals surface area (Å²) in [6.07, 6.45) is 0.905. The van der Waals surface area contributed by atoms with E-state index in [0.717, 1.165) is 4.68 Å². The molecule has 0 unspecified atom stereocenters. The SMILES string of the molecule is O=C(Nc1ccccc1)C1(C(=O)Nc2ccc(Oc3ccnc4cc(-c5cnn(CC(F)(F)F)c5)ccc34)cc2)CC1. The van der Waals surface area contributed by atoms with Crippen molar-refractivity contribution in [1.82, 2.24) is 14.8 Å². The van der Waals surface area contributed by atoms with Gasteiger partial charge in [0.25, 0.3) is 0 Å². The summed E-state index contributed by atoms with van der Waals surface area (Å²) in [7, 11) is 0. The number of ether oxygens (including phenoxy) is 1. The Balaban J connectivity index is 1.12. The highest BCUT2D eigenvalue weighted by Crippen LogP contribution is 2.47. The van der Waals surface area contributed by atoms with Gasteiger partial charge in [0.15, 0.2) is 0 Å². The second-order valence-electron chi connectivity index (χ2n) is 10.1. The first-order valence-electron chi connectivity index (χ1n) is 13.1. The molecule has 0 atom stereocenters. The molecule has 3 aromatic carbocycles. The molecule has 1 fully saturated rings. The second-order valence-corrected chi connectivity index (χ2v) is 10.1. The first-order chi connectivity index (χ1) is 20.2. The fraction of sp³-hybridized carbons (Fsp3) is 0.161. The molecule has 1 aliphatic rings. The Morgan fingerprint density at radius 3 is 2.24 bits per heavy atom. The van der Waals surface area contributed by atoms with Gasteiger partial charge in [0.2, 0.25) is 11.8 Å². The third-order valence-electron chi connectivity index (χ3n) is 7.00. The van der Waals surface area contributed by atoms with Gasteiger partial charge in [-0.15, -0.1) is 0 Å². The normalized spacial score (nSPS) is 13.9. The van der Waals surface area contributed by atoms with Crippen LogP contribution in [0.4, 0.5) is 24.5 Å². The van der Waals surface area contributed by atoms with E-state index in [1.807, 2.05) is 18.2 Å². The number of nitrogens with zero attached hydrogens (tertiary/aromatic N) is 3. The summed E-state index contributed by atoms with van der Waals surface area (Å²) >= 11 is 0. The van der Waals surface area contributed by atoms with Crippen LogP contribution in [0.15, 0.2) is 97.5 Å². The van der Waals surface area contributed by atoms with Gasteiger partial charge in [0, 0.05) is 34.7 Å². The van der Waals surface area contributed by atoms with Crippen molar-refractivity contribution in [2.24, 2.45) is 5.41 Å². The van der Waals surface area contributed by atoms with E-state index in [1.54, 1.807) is 66.9 Å². The Morgan fingerprint density at radius 1 is 0.881 bits per heavy atom. The van der Waals surface area contributed by atoms with Crippen LogP contribution in [0.3, 0.4) is 0 Å². The van der Waals surface area contributed by atoms with Crippen LogP contribution in [0, 0.1) is 5.41 Å². The molecular weight excluding hydrogens is 547 g/mol. The molecule has 2 amide bonds. The summed E-state index contributed by atoms with van der Waals surface area (Å²) in [6, 6.07) is 22.8. The van der Waals surface area contributed by atoms with Crippen LogP contribution in [0.1, 0.15) is 12.8 Å². The topological polar surface area (TPSA) is 98.1 Å². The lowest BCUT2D eigenvalue weighted by molar-refractivity contribution is -0.142. The molecule has 0 bridgehead atoms. The Kier molecular flexibility index (Phi) is 6.85. The molecule has 1 saturated carbocycles. The van der Waals surface area contributed by atoms with Crippen molar-refractivity contribution in [2.45, 2.75) is 25.6 Å². The summed E-state index contributed by atoms with van der Waals surface area (Å²) in [4.78, 5) is 30.2. The molecule has 11 heteroatoms. The minimum atomic E-state index is -4.36. The van der Waals surface area contributed by atoms with Gasteiger partial charge in [-0.3, -0.25) is 19.3 Å². The fourth-order valence-corrected chi connectivity index (χ4v) is 4.61. The minimum Gasteiger partial charge on any atom is -0.457 e. The van der Waals surface area contributed by atoms with E-state index in [2.05, 4.69) is 20.7 Å². The highest BCUT2D eigenvalue weighted by atomic mass is 19.4. The molecule has 0 aliphatic heterocycles. The molecule has 0 radical (unpaired) electrons. The Morgan fingerprint density at radius 2 is 1.57 bits per heavy atom. The van der Waals surface area contributed by atoms with Crippen LogP contribution < -0.4 is 15.4 Å². The number of para-hydroxylation sites is 1. The predicted molar refractivity (Wildman–Crippen MR) is 151 cm³/mol. The van der Waals surface area contributed by atoms with E-state index < -0.39 is 18.1 Å².